The summed E-state index contributed by atoms with van der Waals surface area (Å²) in [4.78, 5) is 9.97. The molecule has 0 unspecified atom stereocenters. The van der Waals surface area contributed by atoms with Crippen molar-refractivity contribution in [3.8, 4) is 0 Å². The number of nitrogens with one attached hydrogen (secondary N) is 2. The smallest absolute Gasteiger partial charge is 0.269 e. The fourth-order valence-corrected chi connectivity index (χ4v) is 1.89. The van der Waals surface area contributed by atoms with E-state index >= 15 is 0 Å². The normalized spacial score (nSPS) is 11.4. The summed E-state index contributed by atoms with van der Waals surface area (Å²) in [5, 5.41) is 13.4. The Morgan fingerprint density at radius 3 is 2.39 bits per heavy atom. The van der Waals surface area contributed by atoms with Crippen LogP contribution in [0.5, 0.6) is 0 Å². The van der Waals surface area contributed by atoms with E-state index < -0.39 is 14.9 Å². The Morgan fingerprint density at radius 2 is 1.89 bits per heavy atom. The third-order valence-corrected chi connectivity index (χ3v) is 3.70. The lowest BCUT2D eigenvalue weighted by Crippen LogP contribution is -2.29. The van der Waals surface area contributed by atoms with Crippen LogP contribution in [0.4, 0.5) is 5.69 Å². The Hall–Kier alpha value is -1.51. The van der Waals surface area contributed by atoms with Gasteiger partial charge in [-0.15, -0.1) is 0 Å². The van der Waals surface area contributed by atoms with Gasteiger partial charge in [0.2, 0.25) is 10.0 Å². The minimum absolute atomic E-state index is 0.00349. The molecule has 18 heavy (non-hydrogen) atoms. The predicted octanol–water partition coefficient (Wildman–Crippen LogP) is 0.234. The first-order valence-corrected chi connectivity index (χ1v) is 6.95. The van der Waals surface area contributed by atoms with Crippen molar-refractivity contribution in [3.63, 3.8) is 0 Å². The monoisotopic (exact) mass is 273 g/mol. The maximum atomic E-state index is 11.1. The van der Waals surface area contributed by atoms with E-state index in [1.54, 1.807) is 12.1 Å². The van der Waals surface area contributed by atoms with Gasteiger partial charge in [-0.2, -0.15) is 0 Å². The van der Waals surface area contributed by atoms with E-state index in [1.807, 2.05) is 0 Å². The molecule has 0 heterocycles. The summed E-state index contributed by atoms with van der Waals surface area (Å²) in [6.45, 7) is 0.789. The first kappa shape index (κ1) is 14.6. The van der Waals surface area contributed by atoms with Gasteiger partial charge in [0.25, 0.3) is 5.69 Å². The first-order chi connectivity index (χ1) is 8.44. The average Bonchev–Trinajstić information content (AvgIpc) is 2.35. The molecular weight excluding hydrogens is 258 g/mol. The summed E-state index contributed by atoms with van der Waals surface area (Å²) in [5.74, 6) is -0.00349. The van der Waals surface area contributed by atoms with Gasteiger partial charge in [-0.25, -0.2) is 13.1 Å². The summed E-state index contributed by atoms with van der Waals surface area (Å²) in [6.07, 6.45) is 0. The Bertz CT molecular complexity index is 498. The molecule has 100 valence electrons. The largest absolute Gasteiger partial charge is 0.312 e. The number of hydrogen-bond acceptors (Lipinski definition) is 5. The lowest BCUT2D eigenvalue weighted by atomic mass is 10.2. The molecule has 0 saturated carbocycles. The molecule has 1 aromatic rings. The van der Waals surface area contributed by atoms with E-state index in [-0.39, 0.29) is 11.4 Å². The van der Waals surface area contributed by atoms with Gasteiger partial charge in [0.1, 0.15) is 0 Å². The molecule has 0 fully saturated rings. The average molecular weight is 273 g/mol. The molecule has 0 aliphatic heterocycles. The predicted molar refractivity (Wildman–Crippen MR) is 67.6 cm³/mol. The molecule has 2 N–H and O–H groups in total. The van der Waals surface area contributed by atoms with Crippen LogP contribution >= 0.6 is 0 Å². The van der Waals surface area contributed by atoms with Crippen LogP contribution in [0, 0.1) is 10.1 Å². The molecule has 7 nitrogen and oxygen atoms in total. The Balaban J connectivity index is 2.38. The molecule has 0 atom stereocenters. The van der Waals surface area contributed by atoms with Gasteiger partial charge in [-0.1, -0.05) is 12.1 Å². The number of rotatable bonds is 7. The summed E-state index contributed by atoms with van der Waals surface area (Å²) < 4.78 is 24.4. The maximum Gasteiger partial charge on any atom is 0.269 e. The molecule has 1 rings (SSSR count). The lowest BCUT2D eigenvalue weighted by Gasteiger charge is -2.05. The van der Waals surface area contributed by atoms with Crippen molar-refractivity contribution in [2.45, 2.75) is 6.54 Å². The van der Waals surface area contributed by atoms with Crippen LogP contribution in [0.25, 0.3) is 0 Å². The lowest BCUT2D eigenvalue weighted by molar-refractivity contribution is -0.384. The van der Waals surface area contributed by atoms with Gasteiger partial charge in [-0.3, -0.25) is 10.1 Å². The van der Waals surface area contributed by atoms with Crippen molar-refractivity contribution in [1.29, 1.82) is 0 Å². The minimum atomic E-state index is -3.19. The summed E-state index contributed by atoms with van der Waals surface area (Å²) in [5.41, 5.74) is 0.902. The standard InChI is InChI=1S/C10H15N3O4S/c1-11-18(16,17)7-6-12-8-9-2-4-10(5-3-9)13(14)15/h2-5,11-12H,6-8H2,1H3. The third-order valence-electron chi connectivity index (χ3n) is 2.33. The van der Waals surface area contributed by atoms with E-state index in [9.17, 15) is 18.5 Å². The number of nitro groups is 1. The summed E-state index contributed by atoms with van der Waals surface area (Å²) >= 11 is 0. The van der Waals surface area contributed by atoms with Gasteiger partial charge < -0.3 is 5.32 Å². The van der Waals surface area contributed by atoms with Crippen molar-refractivity contribution in [2.75, 3.05) is 19.3 Å². The molecule has 1 aromatic carbocycles. The number of nitro benzene ring substituents is 1. The highest BCUT2D eigenvalue weighted by Crippen LogP contribution is 2.11. The van der Waals surface area contributed by atoms with Crippen molar-refractivity contribution < 1.29 is 13.3 Å². The van der Waals surface area contributed by atoms with Gasteiger partial charge in [0.15, 0.2) is 0 Å². The highest BCUT2D eigenvalue weighted by molar-refractivity contribution is 7.89. The molecule has 0 amide bonds. The van der Waals surface area contributed by atoms with E-state index in [1.165, 1.54) is 19.2 Å². The van der Waals surface area contributed by atoms with Crippen LogP contribution < -0.4 is 10.0 Å². The van der Waals surface area contributed by atoms with Gasteiger partial charge in [-0.05, 0) is 12.6 Å². The molecular formula is C10H15N3O4S. The molecule has 0 aliphatic rings. The van der Waals surface area contributed by atoms with E-state index in [4.69, 9.17) is 0 Å². The van der Waals surface area contributed by atoms with E-state index in [2.05, 4.69) is 10.0 Å². The zero-order valence-corrected chi connectivity index (χ0v) is 10.7. The highest BCUT2D eigenvalue weighted by Gasteiger charge is 2.06. The van der Waals surface area contributed by atoms with Crippen molar-refractivity contribution in [1.82, 2.24) is 10.0 Å². The number of hydrogen-bond donors (Lipinski definition) is 2. The van der Waals surface area contributed by atoms with Crippen LogP contribution in [0.15, 0.2) is 24.3 Å². The number of nitrogens with zero attached hydrogens (tertiary/aromatic N) is 1. The molecule has 0 radical (unpaired) electrons. The van der Waals surface area contributed by atoms with Gasteiger partial charge in [0.05, 0.1) is 10.7 Å². The van der Waals surface area contributed by atoms with Crippen LogP contribution in [0.3, 0.4) is 0 Å². The SMILES string of the molecule is CNS(=O)(=O)CCNCc1ccc([N+](=O)[O-])cc1. The fourth-order valence-electron chi connectivity index (χ4n) is 1.28. The van der Waals surface area contributed by atoms with Crippen LogP contribution in [0.1, 0.15) is 5.56 Å². The molecule has 0 spiro atoms. The third kappa shape index (κ3) is 4.78. The zero-order chi connectivity index (χ0) is 13.6. The highest BCUT2D eigenvalue weighted by atomic mass is 32.2. The minimum Gasteiger partial charge on any atom is -0.312 e. The first-order valence-electron chi connectivity index (χ1n) is 5.30. The van der Waals surface area contributed by atoms with Crippen molar-refractivity contribution in [2.24, 2.45) is 0 Å². The molecule has 0 bridgehead atoms. The van der Waals surface area contributed by atoms with Gasteiger partial charge in [0, 0.05) is 25.2 Å². The van der Waals surface area contributed by atoms with Crippen molar-refractivity contribution in [3.05, 3.63) is 39.9 Å². The Kier molecular flexibility index (Phi) is 5.20. The second-order valence-corrected chi connectivity index (χ2v) is 5.67. The summed E-state index contributed by atoms with van der Waals surface area (Å²) in [6, 6.07) is 6.11. The van der Waals surface area contributed by atoms with Crippen LogP contribution in [-0.2, 0) is 16.6 Å². The molecule has 0 aliphatic carbocycles. The fraction of sp³-hybridized carbons (Fsp3) is 0.400. The van der Waals surface area contributed by atoms with Gasteiger partial charge >= 0.3 is 0 Å². The molecule has 0 saturated heterocycles. The number of benzene rings is 1. The van der Waals surface area contributed by atoms with Crippen LogP contribution in [-0.4, -0.2) is 32.7 Å². The number of sulfonamides is 1. The number of non-ortho nitro benzene ring substituents is 1. The van der Waals surface area contributed by atoms with E-state index in [0.29, 0.717) is 13.1 Å². The zero-order valence-electron chi connectivity index (χ0n) is 9.92. The second-order valence-electron chi connectivity index (χ2n) is 3.62. The van der Waals surface area contributed by atoms with Crippen LogP contribution in [0.2, 0.25) is 0 Å². The molecule has 8 heteroatoms. The van der Waals surface area contributed by atoms with Crippen molar-refractivity contribution >= 4 is 15.7 Å². The topological polar surface area (TPSA) is 101 Å². The second kappa shape index (κ2) is 6.43. The quantitative estimate of drug-likeness (QED) is 0.421. The molecule has 0 aromatic heterocycles. The van der Waals surface area contributed by atoms with E-state index in [0.717, 1.165) is 5.56 Å². The maximum absolute atomic E-state index is 11.1. The summed E-state index contributed by atoms with van der Waals surface area (Å²) in [7, 11) is -1.83. The Morgan fingerprint density at radius 1 is 1.28 bits per heavy atom. The Labute approximate surface area is 105 Å².